The molecule has 0 radical (unpaired) electrons. The SMILES string of the molecule is CCOP(=O)(OCC)c1ccc2c(c1)C(=Cc1cccc(Cl)c1)C(=O)N2. The maximum Gasteiger partial charge on any atom is 0.361 e. The molecule has 1 N–H and O–H groups in total. The summed E-state index contributed by atoms with van der Waals surface area (Å²) in [6.45, 7) is 4.04. The normalized spacial score (nSPS) is 15.2. The van der Waals surface area contributed by atoms with E-state index in [1.807, 2.05) is 12.1 Å². The van der Waals surface area contributed by atoms with Gasteiger partial charge in [0.2, 0.25) is 0 Å². The van der Waals surface area contributed by atoms with Crippen molar-refractivity contribution in [1.82, 2.24) is 0 Å². The molecular formula is C19H19ClNO4P. The van der Waals surface area contributed by atoms with Gasteiger partial charge in [0, 0.05) is 21.8 Å². The Morgan fingerprint density at radius 2 is 1.85 bits per heavy atom. The van der Waals surface area contributed by atoms with Gasteiger partial charge < -0.3 is 14.4 Å². The van der Waals surface area contributed by atoms with Gasteiger partial charge in [-0.3, -0.25) is 9.36 Å². The molecule has 0 bridgehead atoms. The van der Waals surface area contributed by atoms with Crippen molar-refractivity contribution in [3.05, 3.63) is 58.6 Å². The van der Waals surface area contributed by atoms with Crippen LogP contribution in [-0.4, -0.2) is 19.1 Å². The molecule has 0 spiro atoms. The van der Waals surface area contributed by atoms with Gasteiger partial charge in [-0.05, 0) is 55.8 Å². The third kappa shape index (κ3) is 3.76. The fourth-order valence-electron chi connectivity index (χ4n) is 2.78. The summed E-state index contributed by atoms with van der Waals surface area (Å²) in [4.78, 5) is 12.4. The topological polar surface area (TPSA) is 64.6 Å². The number of anilines is 1. The molecule has 0 saturated carbocycles. The molecule has 26 heavy (non-hydrogen) atoms. The van der Waals surface area contributed by atoms with E-state index in [1.165, 1.54) is 0 Å². The predicted octanol–water partition coefficient (Wildman–Crippen LogP) is 4.72. The van der Waals surface area contributed by atoms with Gasteiger partial charge in [0.05, 0.1) is 18.5 Å². The average Bonchev–Trinajstić information content (AvgIpc) is 2.90. The van der Waals surface area contributed by atoms with E-state index in [-0.39, 0.29) is 19.1 Å². The molecule has 2 aromatic rings. The van der Waals surface area contributed by atoms with E-state index in [1.54, 1.807) is 50.3 Å². The van der Waals surface area contributed by atoms with E-state index in [2.05, 4.69) is 5.32 Å². The highest BCUT2D eigenvalue weighted by atomic mass is 35.5. The van der Waals surface area contributed by atoms with Gasteiger partial charge in [0.1, 0.15) is 0 Å². The van der Waals surface area contributed by atoms with Crippen LogP contribution in [0.5, 0.6) is 0 Å². The van der Waals surface area contributed by atoms with Gasteiger partial charge >= 0.3 is 7.60 Å². The summed E-state index contributed by atoms with van der Waals surface area (Å²) in [6.07, 6.45) is 1.75. The van der Waals surface area contributed by atoms with E-state index in [0.29, 0.717) is 27.2 Å². The lowest BCUT2D eigenvalue weighted by Gasteiger charge is -2.17. The zero-order valence-corrected chi connectivity index (χ0v) is 16.1. The van der Waals surface area contributed by atoms with Crippen molar-refractivity contribution in [2.24, 2.45) is 0 Å². The van der Waals surface area contributed by atoms with Crippen molar-refractivity contribution < 1.29 is 18.4 Å². The molecule has 2 aromatic carbocycles. The fraction of sp³-hybridized carbons (Fsp3) is 0.211. The van der Waals surface area contributed by atoms with Crippen LogP contribution in [0.3, 0.4) is 0 Å². The summed E-state index contributed by atoms with van der Waals surface area (Å²) < 4.78 is 23.8. The Balaban J connectivity index is 2.07. The lowest BCUT2D eigenvalue weighted by molar-refractivity contribution is -0.110. The van der Waals surface area contributed by atoms with Crippen LogP contribution in [0.4, 0.5) is 5.69 Å². The Hall–Kier alpha value is -1.91. The molecule has 1 amide bonds. The number of carbonyl (C=O) groups is 1. The van der Waals surface area contributed by atoms with Crippen molar-refractivity contribution >= 4 is 47.7 Å². The van der Waals surface area contributed by atoms with Crippen molar-refractivity contribution in [2.45, 2.75) is 13.8 Å². The van der Waals surface area contributed by atoms with E-state index in [4.69, 9.17) is 20.6 Å². The number of nitrogens with one attached hydrogen (secondary N) is 1. The molecule has 1 aliphatic heterocycles. The van der Waals surface area contributed by atoms with E-state index in [0.717, 1.165) is 5.56 Å². The number of hydrogen-bond acceptors (Lipinski definition) is 4. The smallest absolute Gasteiger partial charge is 0.321 e. The Kier molecular flexibility index (Phi) is 5.64. The zero-order valence-electron chi connectivity index (χ0n) is 14.5. The van der Waals surface area contributed by atoms with Crippen LogP contribution in [0.15, 0.2) is 42.5 Å². The summed E-state index contributed by atoms with van der Waals surface area (Å²) in [5.41, 5.74) is 2.60. The second-order valence-corrected chi connectivity index (χ2v) is 8.09. The molecule has 0 saturated heterocycles. The molecule has 0 fully saturated rings. The largest absolute Gasteiger partial charge is 0.361 e. The van der Waals surface area contributed by atoms with Crippen LogP contribution in [0, 0.1) is 0 Å². The first-order chi connectivity index (χ1) is 12.5. The Labute approximate surface area is 157 Å². The lowest BCUT2D eigenvalue weighted by atomic mass is 10.0. The Bertz CT molecular complexity index is 916. The van der Waals surface area contributed by atoms with Crippen LogP contribution in [0.1, 0.15) is 25.0 Å². The molecule has 3 rings (SSSR count). The molecule has 5 nitrogen and oxygen atoms in total. The van der Waals surface area contributed by atoms with Crippen LogP contribution < -0.4 is 10.6 Å². The van der Waals surface area contributed by atoms with Crippen LogP contribution in [-0.2, 0) is 18.4 Å². The number of carbonyl (C=O) groups excluding carboxylic acids is 1. The van der Waals surface area contributed by atoms with Crippen molar-refractivity contribution in [3.8, 4) is 0 Å². The van der Waals surface area contributed by atoms with Crippen LogP contribution >= 0.6 is 19.2 Å². The molecule has 0 aromatic heterocycles. The van der Waals surface area contributed by atoms with Gasteiger partial charge in [-0.15, -0.1) is 0 Å². The zero-order chi connectivity index (χ0) is 18.7. The Morgan fingerprint density at radius 1 is 1.12 bits per heavy atom. The summed E-state index contributed by atoms with van der Waals surface area (Å²) in [7, 11) is -3.43. The van der Waals surface area contributed by atoms with E-state index >= 15 is 0 Å². The van der Waals surface area contributed by atoms with Crippen molar-refractivity contribution in [1.29, 1.82) is 0 Å². The molecule has 0 unspecified atom stereocenters. The van der Waals surface area contributed by atoms with E-state index in [9.17, 15) is 9.36 Å². The predicted molar refractivity (Wildman–Crippen MR) is 105 cm³/mol. The second kappa shape index (κ2) is 7.77. The third-order valence-corrected chi connectivity index (χ3v) is 6.20. The molecule has 0 atom stereocenters. The molecule has 136 valence electrons. The highest BCUT2D eigenvalue weighted by Gasteiger charge is 2.31. The number of amides is 1. The van der Waals surface area contributed by atoms with Gasteiger partial charge in [-0.25, -0.2) is 0 Å². The number of benzene rings is 2. The second-order valence-electron chi connectivity index (χ2n) is 5.63. The van der Waals surface area contributed by atoms with Gasteiger partial charge in [0.15, 0.2) is 0 Å². The first-order valence-corrected chi connectivity index (χ1v) is 10.2. The molecule has 1 heterocycles. The number of hydrogen-bond donors (Lipinski definition) is 1. The Morgan fingerprint density at radius 3 is 2.50 bits per heavy atom. The highest BCUT2D eigenvalue weighted by Crippen LogP contribution is 2.48. The summed E-state index contributed by atoms with van der Waals surface area (Å²) >= 11 is 6.02. The minimum absolute atomic E-state index is 0.222. The molecule has 1 aliphatic rings. The monoisotopic (exact) mass is 391 g/mol. The van der Waals surface area contributed by atoms with Crippen molar-refractivity contribution in [3.63, 3.8) is 0 Å². The minimum Gasteiger partial charge on any atom is -0.321 e. The number of fused-ring (bicyclic) bond motifs is 1. The van der Waals surface area contributed by atoms with Gasteiger partial charge in [-0.2, -0.15) is 0 Å². The highest BCUT2D eigenvalue weighted by molar-refractivity contribution is 7.62. The number of halogens is 1. The summed E-state index contributed by atoms with van der Waals surface area (Å²) in [6, 6.07) is 12.3. The summed E-state index contributed by atoms with van der Waals surface area (Å²) in [5, 5.41) is 3.82. The van der Waals surface area contributed by atoms with Gasteiger partial charge in [0.25, 0.3) is 5.91 Å². The van der Waals surface area contributed by atoms with E-state index < -0.39 is 7.60 Å². The molecular weight excluding hydrogens is 373 g/mol. The minimum atomic E-state index is -3.43. The molecule has 0 aliphatic carbocycles. The standard InChI is InChI=1S/C19H19ClNO4P/c1-3-24-26(23,25-4-2)15-8-9-18-16(12-15)17(19(22)21-18)11-13-6-5-7-14(20)10-13/h5-12H,3-4H2,1-2H3,(H,21,22). The average molecular weight is 392 g/mol. The number of rotatable bonds is 6. The first-order valence-electron chi connectivity index (χ1n) is 8.29. The first kappa shape index (κ1) is 18.9. The maximum absolute atomic E-state index is 13.0. The van der Waals surface area contributed by atoms with Crippen LogP contribution in [0.2, 0.25) is 5.02 Å². The van der Waals surface area contributed by atoms with Crippen LogP contribution in [0.25, 0.3) is 11.6 Å². The quantitative estimate of drug-likeness (QED) is 0.571. The fourth-order valence-corrected chi connectivity index (χ4v) is 4.57. The van der Waals surface area contributed by atoms with Crippen molar-refractivity contribution in [2.75, 3.05) is 18.5 Å². The molecule has 7 heteroatoms. The third-order valence-electron chi connectivity index (χ3n) is 3.86. The summed E-state index contributed by atoms with van der Waals surface area (Å²) in [5.74, 6) is -0.222. The van der Waals surface area contributed by atoms with Gasteiger partial charge in [-0.1, -0.05) is 23.7 Å². The lowest BCUT2D eigenvalue weighted by Crippen LogP contribution is -2.11. The maximum atomic E-state index is 13.0.